The van der Waals surface area contributed by atoms with Gasteiger partial charge < -0.3 is 4.98 Å². The van der Waals surface area contributed by atoms with E-state index in [0.29, 0.717) is 10.0 Å². The van der Waals surface area contributed by atoms with Gasteiger partial charge in [-0.25, -0.2) is 4.39 Å². The van der Waals surface area contributed by atoms with Crippen LogP contribution in [0, 0.1) is 5.82 Å². The van der Waals surface area contributed by atoms with E-state index in [1.807, 2.05) is 12.1 Å². The monoisotopic (exact) mass is 279 g/mol. The van der Waals surface area contributed by atoms with E-state index in [2.05, 4.69) is 4.98 Å². The molecule has 1 heterocycles. The quantitative estimate of drug-likeness (QED) is 0.624. The van der Waals surface area contributed by atoms with Crippen LogP contribution in [0.15, 0.2) is 42.5 Å². The first kappa shape index (κ1) is 11.6. The van der Waals surface area contributed by atoms with Gasteiger partial charge in [0.05, 0.1) is 10.0 Å². The fourth-order valence-electron chi connectivity index (χ4n) is 1.92. The van der Waals surface area contributed by atoms with Crippen molar-refractivity contribution in [2.45, 2.75) is 0 Å². The molecule has 18 heavy (non-hydrogen) atoms. The van der Waals surface area contributed by atoms with Crippen molar-refractivity contribution in [3.8, 4) is 11.3 Å². The van der Waals surface area contributed by atoms with Gasteiger partial charge in [0.1, 0.15) is 5.82 Å². The summed E-state index contributed by atoms with van der Waals surface area (Å²) in [4.78, 5) is 3.16. The first-order chi connectivity index (χ1) is 8.63. The molecule has 0 bridgehead atoms. The van der Waals surface area contributed by atoms with Crippen LogP contribution in [0.4, 0.5) is 4.39 Å². The summed E-state index contributed by atoms with van der Waals surface area (Å²) in [6, 6.07) is 12.0. The maximum absolute atomic E-state index is 13.1. The molecule has 2 aromatic carbocycles. The largest absolute Gasteiger partial charge is 0.354 e. The van der Waals surface area contributed by atoms with Crippen molar-refractivity contribution in [3.63, 3.8) is 0 Å². The molecule has 0 fully saturated rings. The van der Waals surface area contributed by atoms with Crippen LogP contribution >= 0.6 is 23.2 Å². The zero-order chi connectivity index (χ0) is 12.7. The highest BCUT2D eigenvalue weighted by Crippen LogP contribution is 2.30. The van der Waals surface area contributed by atoms with Crippen LogP contribution in [0.1, 0.15) is 0 Å². The van der Waals surface area contributed by atoms with E-state index >= 15 is 0 Å². The molecule has 0 unspecified atom stereocenters. The Morgan fingerprint density at radius 1 is 0.889 bits per heavy atom. The molecule has 0 aliphatic carbocycles. The molecular weight excluding hydrogens is 272 g/mol. The molecule has 3 rings (SSSR count). The molecule has 0 aliphatic rings. The molecule has 0 spiro atoms. The Kier molecular flexibility index (Phi) is 2.77. The third kappa shape index (κ3) is 1.98. The standard InChI is InChI=1S/C14H8Cl2FN/c15-11-4-2-8(5-12(11)16)13-6-9-1-3-10(17)7-14(9)18-13/h1-7,18H. The van der Waals surface area contributed by atoms with Crippen LogP contribution in [0.3, 0.4) is 0 Å². The van der Waals surface area contributed by atoms with Gasteiger partial charge in [0, 0.05) is 16.6 Å². The van der Waals surface area contributed by atoms with Crippen LogP contribution in [0.5, 0.6) is 0 Å². The van der Waals surface area contributed by atoms with Gasteiger partial charge in [0.15, 0.2) is 0 Å². The Hall–Kier alpha value is -1.51. The second-order valence-electron chi connectivity index (χ2n) is 4.04. The molecule has 0 saturated carbocycles. The van der Waals surface area contributed by atoms with Crippen molar-refractivity contribution in [1.82, 2.24) is 4.98 Å². The lowest BCUT2D eigenvalue weighted by molar-refractivity contribution is 0.629. The number of hydrogen-bond donors (Lipinski definition) is 1. The van der Waals surface area contributed by atoms with E-state index in [0.717, 1.165) is 22.2 Å². The fourth-order valence-corrected chi connectivity index (χ4v) is 2.22. The highest BCUT2D eigenvalue weighted by atomic mass is 35.5. The predicted molar refractivity (Wildman–Crippen MR) is 73.7 cm³/mol. The van der Waals surface area contributed by atoms with Crippen LogP contribution in [0.2, 0.25) is 10.0 Å². The molecule has 3 aromatic rings. The average molecular weight is 280 g/mol. The number of hydrogen-bond acceptors (Lipinski definition) is 0. The molecule has 4 heteroatoms. The smallest absolute Gasteiger partial charge is 0.125 e. The molecule has 0 radical (unpaired) electrons. The molecule has 1 N–H and O–H groups in total. The summed E-state index contributed by atoms with van der Waals surface area (Å²) >= 11 is 11.9. The maximum Gasteiger partial charge on any atom is 0.125 e. The zero-order valence-electron chi connectivity index (χ0n) is 9.18. The number of nitrogens with one attached hydrogen (secondary N) is 1. The van der Waals surface area contributed by atoms with E-state index in [1.165, 1.54) is 12.1 Å². The van der Waals surface area contributed by atoms with E-state index in [1.54, 1.807) is 18.2 Å². The number of benzene rings is 2. The Morgan fingerprint density at radius 2 is 1.72 bits per heavy atom. The second-order valence-corrected chi connectivity index (χ2v) is 4.86. The molecule has 90 valence electrons. The normalized spacial score (nSPS) is 11.1. The summed E-state index contributed by atoms with van der Waals surface area (Å²) in [6.45, 7) is 0. The first-order valence-electron chi connectivity index (χ1n) is 5.37. The summed E-state index contributed by atoms with van der Waals surface area (Å²) < 4.78 is 13.1. The maximum atomic E-state index is 13.1. The molecule has 0 atom stereocenters. The van der Waals surface area contributed by atoms with Crippen LogP contribution in [-0.2, 0) is 0 Å². The SMILES string of the molecule is Fc1ccc2cc(-c3ccc(Cl)c(Cl)c3)[nH]c2c1. The molecule has 0 saturated heterocycles. The van der Waals surface area contributed by atoms with E-state index in [9.17, 15) is 4.39 Å². The van der Waals surface area contributed by atoms with Crippen molar-refractivity contribution >= 4 is 34.1 Å². The van der Waals surface area contributed by atoms with Gasteiger partial charge in [-0.15, -0.1) is 0 Å². The Morgan fingerprint density at radius 3 is 2.50 bits per heavy atom. The van der Waals surface area contributed by atoms with Gasteiger partial charge in [-0.2, -0.15) is 0 Å². The van der Waals surface area contributed by atoms with Gasteiger partial charge in [-0.05, 0) is 42.0 Å². The van der Waals surface area contributed by atoms with Gasteiger partial charge in [-0.3, -0.25) is 0 Å². The van der Waals surface area contributed by atoms with Gasteiger partial charge in [-0.1, -0.05) is 29.3 Å². The minimum absolute atomic E-state index is 0.259. The van der Waals surface area contributed by atoms with E-state index in [4.69, 9.17) is 23.2 Å². The third-order valence-electron chi connectivity index (χ3n) is 2.82. The summed E-state index contributed by atoms with van der Waals surface area (Å²) in [5, 5.41) is 1.97. The second kappa shape index (κ2) is 4.30. The van der Waals surface area contributed by atoms with Crippen molar-refractivity contribution < 1.29 is 4.39 Å². The van der Waals surface area contributed by atoms with E-state index < -0.39 is 0 Å². The molecular formula is C14H8Cl2FN. The van der Waals surface area contributed by atoms with Crippen LogP contribution in [-0.4, -0.2) is 4.98 Å². The number of aromatic nitrogens is 1. The third-order valence-corrected chi connectivity index (χ3v) is 3.55. The van der Waals surface area contributed by atoms with Crippen molar-refractivity contribution in [2.75, 3.05) is 0 Å². The summed E-state index contributed by atoms with van der Waals surface area (Å²) in [5.41, 5.74) is 2.56. The highest BCUT2D eigenvalue weighted by molar-refractivity contribution is 6.42. The van der Waals surface area contributed by atoms with Gasteiger partial charge >= 0.3 is 0 Å². The fraction of sp³-hybridized carbons (Fsp3) is 0. The van der Waals surface area contributed by atoms with Crippen molar-refractivity contribution in [2.24, 2.45) is 0 Å². The highest BCUT2D eigenvalue weighted by Gasteiger charge is 2.06. The minimum atomic E-state index is -0.259. The van der Waals surface area contributed by atoms with Crippen LogP contribution in [0.25, 0.3) is 22.2 Å². The predicted octanol–water partition coefficient (Wildman–Crippen LogP) is 5.28. The summed E-state index contributed by atoms with van der Waals surface area (Å²) in [6.07, 6.45) is 0. The lowest BCUT2D eigenvalue weighted by Crippen LogP contribution is -1.78. The lowest BCUT2D eigenvalue weighted by atomic mass is 10.1. The van der Waals surface area contributed by atoms with Crippen molar-refractivity contribution in [3.05, 3.63) is 58.3 Å². The van der Waals surface area contributed by atoms with Crippen molar-refractivity contribution in [1.29, 1.82) is 0 Å². The number of aromatic amines is 1. The summed E-state index contributed by atoms with van der Waals surface area (Å²) in [5.74, 6) is -0.259. The minimum Gasteiger partial charge on any atom is -0.354 e. The molecule has 1 aromatic heterocycles. The molecule has 0 aliphatic heterocycles. The van der Waals surface area contributed by atoms with Gasteiger partial charge in [0.2, 0.25) is 0 Å². The Labute approximate surface area is 113 Å². The number of fused-ring (bicyclic) bond motifs is 1. The number of halogens is 3. The summed E-state index contributed by atoms with van der Waals surface area (Å²) in [7, 11) is 0. The lowest BCUT2D eigenvalue weighted by Gasteiger charge is -2.00. The topological polar surface area (TPSA) is 15.8 Å². The average Bonchev–Trinajstić information content (AvgIpc) is 2.75. The number of H-pyrrole nitrogens is 1. The number of rotatable bonds is 1. The molecule has 0 amide bonds. The Bertz CT molecular complexity index is 734. The first-order valence-corrected chi connectivity index (χ1v) is 6.13. The Balaban J connectivity index is 2.16. The van der Waals surface area contributed by atoms with Gasteiger partial charge in [0.25, 0.3) is 0 Å². The van der Waals surface area contributed by atoms with E-state index in [-0.39, 0.29) is 5.82 Å². The van der Waals surface area contributed by atoms with Crippen LogP contribution < -0.4 is 0 Å². The molecule has 1 nitrogen and oxygen atoms in total. The zero-order valence-corrected chi connectivity index (χ0v) is 10.7.